The molecular weight excluding hydrogens is 214 g/mol. The fourth-order valence-electron chi connectivity index (χ4n) is 1.50. The summed E-state index contributed by atoms with van der Waals surface area (Å²) >= 11 is 0. The Balaban J connectivity index is 1.97. The van der Waals surface area contributed by atoms with Crippen LogP contribution in [0.4, 0.5) is 5.69 Å². The molecule has 87 valence electrons. The van der Waals surface area contributed by atoms with E-state index in [0.29, 0.717) is 6.54 Å². The van der Waals surface area contributed by atoms with Gasteiger partial charge in [-0.1, -0.05) is 12.1 Å². The molecule has 0 unspecified atom stereocenters. The standard InChI is InChI=1S/C14H14NO2/c1-17-14-7-5-11(6-8-14)10-15-12-3-2-4-13(16)9-12/h2,4-9,15-16H,10H2,1H3. The number of methoxy groups -OCH3 is 1. The molecule has 0 fully saturated rings. The minimum absolute atomic E-state index is 0.237. The van der Waals surface area contributed by atoms with Crippen molar-refractivity contribution < 1.29 is 9.84 Å². The minimum atomic E-state index is 0.237. The van der Waals surface area contributed by atoms with E-state index in [4.69, 9.17) is 4.74 Å². The smallest absolute Gasteiger partial charge is 0.118 e. The number of nitrogens with one attached hydrogen (secondary N) is 1. The van der Waals surface area contributed by atoms with Crippen LogP contribution in [-0.4, -0.2) is 12.2 Å². The van der Waals surface area contributed by atoms with E-state index in [2.05, 4.69) is 11.4 Å². The molecule has 0 heterocycles. The lowest BCUT2D eigenvalue weighted by Crippen LogP contribution is -1.99. The lowest BCUT2D eigenvalue weighted by atomic mass is 10.2. The molecule has 1 radical (unpaired) electrons. The van der Waals surface area contributed by atoms with Gasteiger partial charge in [0.1, 0.15) is 11.5 Å². The lowest BCUT2D eigenvalue weighted by Gasteiger charge is -2.07. The molecule has 2 aromatic carbocycles. The predicted molar refractivity (Wildman–Crippen MR) is 67.3 cm³/mol. The Bertz CT molecular complexity index is 480. The van der Waals surface area contributed by atoms with Crippen molar-refractivity contribution in [2.24, 2.45) is 0 Å². The highest BCUT2D eigenvalue weighted by molar-refractivity contribution is 5.47. The number of phenolic OH excluding ortho intramolecular Hbond substituents is 1. The average Bonchev–Trinajstić information content (AvgIpc) is 2.37. The third kappa shape index (κ3) is 3.14. The van der Waals surface area contributed by atoms with Gasteiger partial charge >= 0.3 is 0 Å². The Morgan fingerprint density at radius 2 is 2.00 bits per heavy atom. The monoisotopic (exact) mass is 228 g/mol. The third-order valence-corrected chi connectivity index (χ3v) is 2.43. The Kier molecular flexibility index (Phi) is 3.50. The normalized spacial score (nSPS) is 9.94. The first-order valence-electron chi connectivity index (χ1n) is 5.35. The van der Waals surface area contributed by atoms with Gasteiger partial charge in [-0.3, -0.25) is 0 Å². The maximum atomic E-state index is 9.30. The summed E-state index contributed by atoms with van der Waals surface area (Å²) < 4.78 is 5.09. The largest absolute Gasteiger partial charge is 0.508 e. The van der Waals surface area contributed by atoms with Crippen molar-refractivity contribution in [3.8, 4) is 11.5 Å². The lowest BCUT2D eigenvalue weighted by molar-refractivity contribution is 0.414. The summed E-state index contributed by atoms with van der Waals surface area (Å²) in [4.78, 5) is 0. The number of hydrogen-bond donors (Lipinski definition) is 2. The molecule has 3 heteroatoms. The van der Waals surface area contributed by atoms with Gasteiger partial charge in [-0.2, -0.15) is 0 Å². The zero-order chi connectivity index (χ0) is 12.1. The molecule has 2 N–H and O–H groups in total. The highest BCUT2D eigenvalue weighted by atomic mass is 16.5. The van der Waals surface area contributed by atoms with E-state index >= 15 is 0 Å². The summed E-state index contributed by atoms with van der Waals surface area (Å²) in [6, 6.07) is 15.8. The molecule has 0 amide bonds. The highest BCUT2D eigenvalue weighted by Gasteiger charge is 1.96. The van der Waals surface area contributed by atoms with Crippen LogP contribution in [-0.2, 0) is 6.54 Å². The second kappa shape index (κ2) is 5.25. The van der Waals surface area contributed by atoms with Crippen LogP contribution < -0.4 is 10.1 Å². The summed E-state index contributed by atoms with van der Waals surface area (Å²) in [5, 5.41) is 12.5. The first-order chi connectivity index (χ1) is 8.28. The summed E-state index contributed by atoms with van der Waals surface area (Å²) in [6.07, 6.45) is 0. The molecule has 0 bridgehead atoms. The number of anilines is 1. The fraction of sp³-hybridized carbons (Fsp3) is 0.143. The van der Waals surface area contributed by atoms with Crippen LogP contribution >= 0.6 is 0 Å². The maximum absolute atomic E-state index is 9.30. The number of aromatic hydroxyl groups is 1. The molecule has 0 saturated carbocycles. The first-order valence-corrected chi connectivity index (χ1v) is 5.35. The first kappa shape index (κ1) is 11.3. The van der Waals surface area contributed by atoms with Crippen LogP contribution in [0.15, 0.2) is 42.5 Å². The number of benzene rings is 2. The maximum Gasteiger partial charge on any atom is 0.118 e. The van der Waals surface area contributed by atoms with E-state index in [1.807, 2.05) is 24.3 Å². The molecule has 17 heavy (non-hydrogen) atoms. The third-order valence-electron chi connectivity index (χ3n) is 2.43. The van der Waals surface area contributed by atoms with Gasteiger partial charge < -0.3 is 15.2 Å². The molecule has 2 rings (SSSR count). The van der Waals surface area contributed by atoms with Gasteiger partial charge in [0.15, 0.2) is 0 Å². The number of rotatable bonds is 4. The molecule has 0 aliphatic rings. The SMILES string of the molecule is COc1ccc(CNc2[c]ccc(O)c2)cc1. The second-order valence-electron chi connectivity index (χ2n) is 3.66. The summed E-state index contributed by atoms with van der Waals surface area (Å²) in [5.41, 5.74) is 1.92. The van der Waals surface area contributed by atoms with Crippen LogP contribution in [0.3, 0.4) is 0 Å². The van der Waals surface area contributed by atoms with Gasteiger partial charge in [-0.25, -0.2) is 0 Å². The molecule has 2 aromatic rings. The van der Waals surface area contributed by atoms with E-state index in [9.17, 15) is 5.11 Å². The second-order valence-corrected chi connectivity index (χ2v) is 3.66. The van der Waals surface area contributed by atoms with Crippen molar-refractivity contribution in [1.82, 2.24) is 0 Å². The van der Waals surface area contributed by atoms with E-state index in [1.165, 1.54) is 0 Å². The van der Waals surface area contributed by atoms with Crippen molar-refractivity contribution in [3.63, 3.8) is 0 Å². The van der Waals surface area contributed by atoms with E-state index < -0.39 is 0 Å². The van der Waals surface area contributed by atoms with E-state index in [0.717, 1.165) is 17.0 Å². The van der Waals surface area contributed by atoms with Gasteiger partial charge in [0.25, 0.3) is 0 Å². The van der Waals surface area contributed by atoms with Crippen LogP contribution in [0.5, 0.6) is 11.5 Å². The fourth-order valence-corrected chi connectivity index (χ4v) is 1.50. The minimum Gasteiger partial charge on any atom is -0.508 e. The van der Waals surface area contributed by atoms with Crippen molar-refractivity contribution >= 4 is 5.69 Å². The van der Waals surface area contributed by atoms with E-state index in [1.54, 1.807) is 25.3 Å². The Labute approximate surface area is 101 Å². The van der Waals surface area contributed by atoms with E-state index in [-0.39, 0.29) is 5.75 Å². The number of phenols is 1. The zero-order valence-electron chi connectivity index (χ0n) is 9.60. The Hall–Kier alpha value is -2.16. The van der Waals surface area contributed by atoms with Gasteiger partial charge in [-0.05, 0) is 29.8 Å². The van der Waals surface area contributed by atoms with Crippen LogP contribution in [0.25, 0.3) is 0 Å². The number of hydrogen-bond acceptors (Lipinski definition) is 3. The number of ether oxygens (including phenoxy) is 1. The van der Waals surface area contributed by atoms with Crippen LogP contribution in [0.2, 0.25) is 0 Å². The van der Waals surface area contributed by atoms with Gasteiger partial charge in [0.05, 0.1) is 7.11 Å². The Morgan fingerprint density at radius 3 is 2.65 bits per heavy atom. The van der Waals surface area contributed by atoms with Crippen molar-refractivity contribution in [1.29, 1.82) is 0 Å². The summed E-state index contributed by atoms with van der Waals surface area (Å²) in [7, 11) is 1.65. The zero-order valence-corrected chi connectivity index (χ0v) is 9.60. The van der Waals surface area contributed by atoms with Crippen molar-refractivity contribution in [2.45, 2.75) is 6.54 Å². The molecule has 0 atom stereocenters. The molecule has 0 aromatic heterocycles. The molecule has 3 nitrogen and oxygen atoms in total. The predicted octanol–water partition coefficient (Wildman–Crippen LogP) is 2.81. The quantitative estimate of drug-likeness (QED) is 0.845. The van der Waals surface area contributed by atoms with Gasteiger partial charge in [0, 0.05) is 24.4 Å². The van der Waals surface area contributed by atoms with Crippen LogP contribution in [0.1, 0.15) is 5.56 Å². The molecule has 0 spiro atoms. The highest BCUT2D eigenvalue weighted by Crippen LogP contribution is 2.16. The molecule has 0 aliphatic heterocycles. The summed E-state index contributed by atoms with van der Waals surface area (Å²) in [5.74, 6) is 1.08. The van der Waals surface area contributed by atoms with Crippen molar-refractivity contribution in [3.05, 3.63) is 54.1 Å². The van der Waals surface area contributed by atoms with Gasteiger partial charge in [-0.15, -0.1) is 0 Å². The molecular formula is C14H14NO2. The summed E-state index contributed by atoms with van der Waals surface area (Å²) in [6.45, 7) is 0.684. The average molecular weight is 228 g/mol. The van der Waals surface area contributed by atoms with Gasteiger partial charge in [0.2, 0.25) is 0 Å². The van der Waals surface area contributed by atoms with Crippen molar-refractivity contribution in [2.75, 3.05) is 12.4 Å². The topological polar surface area (TPSA) is 41.5 Å². The Morgan fingerprint density at radius 1 is 1.24 bits per heavy atom. The molecule has 0 saturated heterocycles. The van der Waals surface area contributed by atoms with Crippen LogP contribution in [0, 0.1) is 6.07 Å². The molecule has 0 aliphatic carbocycles.